The molecule has 1 saturated carbocycles. The Morgan fingerprint density at radius 3 is 2.35 bits per heavy atom. The second-order valence-electron chi connectivity index (χ2n) is 5.23. The standard InChI is InChI=1S/C13H17F4N3/c14-11-5-9(6-19-7-11)12(20-18)8-1-3-10(4-2-8)13(15,16)17/h5-8,10,12,20H,1-4,18H2. The number of alkyl halides is 3. The number of rotatable bonds is 3. The first kappa shape index (κ1) is 15.2. The van der Waals surface area contributed by atoms with Crippen LogP contribution in [-0.2, 0) is 0 Å². The summed E-state index contributed by atoms with van der Waals surface area (Å²) in [5.74, 6) is 3.73. The summed E-state index contributed by atoms with van der Waals surface area (Å²) in [6.07, 6.45) is -0.548. The van der Waals surface area contributed by atoms with Gasteiger partial charge >= 0.3 is 6.18 Å². The molecular formula is C13H17F4N3. The average Bonchev–Trinajstić information content (AvgIpc) is 2.39. The fourth-order valence-electron chi connectivity index (χ4n) is 2.88. The molecule has 1 aliphatic rings. The molecule has 1 heterocycles. The quantitative estimate of drug-likeness (QED) is 0.511. The lowest BCUT2D eigenvalue weighted by Crippen LogP contribution is -2.37. The van der Waals surface area contributed by atoms with Gasteiger partial charge in [-0.05, 0) is 43.2 Å². The van der Waals surface area contributed by atoms with Crippen LogP contribution in [0, 0.1) is 17.7 Å². The molecule has 3 N–H and O–H groups in total. The Labute approximate surface area is 114 Å². The second-order valence-corrected chi connectivity index (χ2v) is 5.23. The first-order chi connectivity index (χ1) is 9.41. The Hall–Kier alpha value is -1.21. The van der Waals surface area contributed by atoms with E-state index in [2.05, 4.69) is 10.4 Å². The minimum absolute atomic E-state index is 0.0396. The van der Waals surface area contributed by atoms with Gasteiger partial charge in [0.05, 0.1) is 18.2 Å². The summed E-state index contributed by atoms with van der Waals surface area (Å²) in [6, 6.07) is 0.945. The highest BCUT2D eigenvalue weighted by molar-refractivity contribution is 5.16. The highest BCUT2D eigenvalue weighted by atomic mass is 19.4. The molecular weight excluding hydrogens is 274 g/mol. The Morgan fingerprint density at radius 2 is 1.85 bits per heavy atom. The molecule has 0 spiro atoms. The zero-order chi connectivity index (χ0) is 14.8. The Morgan fingerprint density at radius 1 is 1.20 bits per heavy atom. The monoisotopic (exact) mass is 291 g/mol. The van der Waals surface area contributed by atoms with Crippen molar-refractivity contribution in [2.24, 2.45) is 17.7 Å². The molecule has 0 aromatic carbocycles. The van der Waals surface area contributed by atoms with Crippen molar-refractivity contribution in [2.45, 2.75) is 37.9 Å². The third kappa shape index (κ3) is 3.46. The molecule has 1 fully saturated rings. The first-order valence-corrected chi connectivity index (χ1v) is 6.55. The van der Waals surface area contributed by atoms with Crippen LogP contribution in [0.2, 0.25) is 0 Å². The molecule has 0 bridgehead atoms. The molecule has 0 aliphatic heterocycles. The lowest BCUT2D eigenvalue weighted by Gasteiger charge is -2.34. The van der Waals surface area contributed by atoms with Gasteiger partial charge in [-0.2, -0.15) is 13.2 Å². The number of aromatic nitrogens is 1. The van der Waals surface area contributed by atoms with Crippen LogP contribution in [0.1, 0.15) is 37.3 Å². The van der Waals surface area contributed by atoms with Crippen LogP contribution in [-0.4, -0.2) is 11.2 Å². The van der Waals surface area contributed by atoms with Crippen molar-refractivity contribution in [1.82, 2.24) is 10.4 Å². The van der Waals surface area contributed by atoms with Gasteiger partial charge in [0.15, 0.2) is 0 Å². The first-order valence-electron chi connectivity index (χ1n) is 6.55. The fraction of sp³-hybridized carbons (Fsp3) is 0.615. The Kier molecular flexibility index (Phi) is 4.59. The lowest BCUT2D eigenvalue weighted by molar-refractivity contribution is -0.184. The molecule has 1 unspecified atom stereocenters. The van der Waals surface area contributed by atoms with Crippen LogP contribution in [0.15, 0.2) is 18.5 Å². The van der Waals surface area contributed by atoms with Gasteiger partial charge < -0.3 is 0 Å². The molecule has 1 aromatic rings. The van der Waals surface area contributed by atoms with Crippen LogP contribution >= 0.6 is 0 Å². The summed E-state index contributed by atoms with van der Waals surface area (Å²) < 4.78 is 51.1. The van der Waals surface area contributed by atoms with Crippen LogP contribution in [0.3, 0.4) is 0 Å². The van der Waals surface area contributed by atoms with Crippen molar-refractivity contribution in [2.75, 3.05) is 0 Å². The van der Waals surface area contributed by atoms with Crippen molar-refractivity contribution in [1.29, 1.82) is 0 Å². The highest BCUT2D eigenvalue weighted by Crippen LogP contribution is 2.42. The third-order valence-corrected chi connectivity index (χ3v) is 3.97. The highest BCUT2D eigenvalue weighted by Gasteiger charge is 2.42. The normalized spacial score (nSPS) is 25.4. The number of nitrogens with two attached hydrogens (primary N) is 1. The van der Waals surface area contributed by atoms with Crippen molar-refractivity contribution < 1.29 is 17.6 Å². The zero-order valence-corrected chi connectivity index (χ0v) is 10.8. The van der Waals surface area contributed by atoms with Crippen molar-refractivity contribution in [3.63, 3.8) is 0 Å². The maximum Gasteiger partial charge on any atom is 0.391 e. The minimum Gasteiger partial charge on any atom is -0.271 e. The number of hydrogen-bond acceptors (Lipinski definition) is 3. The molecule has 1 atom stereocenters. The number of hydrazine groups is 1. The summed E-state index contributed by atoms with van der Waals surface area (Å²) >= 11 is 0. The van der Waals surface area contributed by atoms with E-state index in [9.17, 15) is 17.6 Å². The van der Waals surface area contributed by atoms with Gasteiger partial charge in [0, 0.05) is 6.20 Å². The van der Waals surface area contributed by atoms with E-state index >= 15 is 0 Å². The molecule has 0 radical (unpaired) electrons. The van der Waals surface area contributed by atoms with E-state index in [1.54, 1.807) is 0 Å². The second kappa shape index (κ2) is 6.05. The maximum absolute atomic E-state index is 13.2. The molecule has 0 saturated heterocycles. The van der Waals surface area contributed by atoms with Crippen LogP contribution in [0.25, 0.3) is 0 Å². The Balaban J connectivity index is 2.04. The summed E-state index contributed by atoms with van der Waals surface area (Å²) in [7, 11) is 0. The minimum atomic E-state index is -4.13. The van der Waals surface area contributed by atoms with Gasteiger partial charge in [-0.25, -0.2) is 4.39 Å². The summed E-state index contributed by atoms with van der Waals surface area (Å²) in [5.41, 5.74) is 3.15. The summed E-state index contributed by atoms with van der Waals surface area (Å²) in [4.78, 5) is 3.75. The molecule has 3 nitrogen and oxygen atoms in total. The predicted octanol–water partition coefficient (Wildman–Crippen LogP) is 3.09. The Bertz CT molecular complexity index is 441. The number of halogens is 4. The lowest BCUT2D eigenvalue weighted by atomic mass is 9.77. The van der Waals surface area contributed by atoms with Crippen molar-refractivity contribution in [3.05, 3.63) is 29.8 Å². The topological polar surface area (TPSA) is 50.9 Å². The van der Waals surface area contributed by atoms with Crippen molar-refractivity contribution >= 4 is 0 Å². The zero-order valence-electron chi connectivity index (χ0n) is 10.8. The smallest absolute Gasteiger partial charge is 0.271 e. The molecule has 112 valence electrons. The van der Waals surface area contributed by atoms with Gasteiger partial charge in [-0.3, -0.25) is 16.3 Å². The SMILES string of the molecule is NNC(c1cncc(F)c1)C1CCC(C(F)(F)F)CC1. The van der Waals surface area contributed by atoms with Crippen LogP contribution < -0.4 is 11.3 Å². The molecule has 1 aromatic heterocycles. The van der Waals surface area contributed by atoms with Gasteiger partial charge in [0.25, 0.3) is 0 Å². The third-order valence-electron chi connectivity index (χ3n) is 3.97. The van der Waals surface area contributed by atoms with Gasteiger partial charge in [0.1, 0.15) is 5.82 Å². The van der Waals surface area contributed by atoms with E-state index in [-0.39, 0.29) is 24.8 Å². The molecule has 7 heteroatoms. The molecule has 2 rings (SSSR count). The van der Waals surface area contributed by atoms with Gasteiger partial charge in [0.2, 0.25) is 0 Å². The summed E-state index contributed by atoms with van der Waals surface area (Å²) in [5, 5.41) is 0. The largest absolute Gasteiger partial charge is 0.391 e. The fourth-order valence-corrected chi connectivity index (χ4v) is 2.88. The number of pyridine rings is 1. The maximum atomic E-state index is 13.2. The van der Waals surface area contributed by atoms with E-state index < -0.39 is 17.9 Å². The number of hydrogen-bond donors (Lipinski definition) is 2. The van der Waals surface area contributed by atoms with E-state index in [0.717, 1.165) is 6.20 Å². The van der Waals surface area contributed by atoms with E-state index in [4.69, 9.17) is 5.84 Å². The number of nitrogens with zero attached hydrogens (tertiary/aromatic N) is 1. The molecule has 0 amide bonds. The van der Waals surface area contributed by atoms with Gasteiger partial charge in [-0.1, -0.05) is 0 Å². The average molecular weight is 291 g/mol. The van der Waals surface area contributed by atoms with E-state index in [1.807, 2.05) is 0 Å². The van der Waals surface area contributed by atoms with Gasteiger partial charge in [-0.15, -0.1) is 0 Å². The number of nitrogens with one attached hydrogen (secondary N) is 1. The van der Waals surface area contributed by atoms with E-state index in [1.165, 1.54) is 12.3 Å². The van der Waals surface area contributed by atoms with Crippen LogP contribution in [0.5, 0.6) is 0 Å². The van der Waals surface area contributed by atoms with Crippen molar-refractivity contribution in [3.8, 4) is 0 Å². The predicted molar refractivity (Wildman–Crippen MR) is 65.8 cm³/mol. The van der Waals surface area contributed by atoms with Crippen LogP contribution in [0.4, 0.5) is 17.6 Å². The molecule has 1 aliphatic carbocycles. The molecule has 20 heavy (non-hydrogen) atoms. The van der Waals surface area contributed by atoms with E-state index in [0.29, 0.717) is 18.4 Å². The summed E-state index contributed by atoms with van der Waals surface area (Å²) in [6.45, 7) is 0.